The standard InChI is InChI=1S/C8H14N2O2S/c13-8-10(3-6-12-8)7-9-1-4-11-5-2-9/h1-7H2/p+1. The van der Waals surface area contributed by atoms with Crippen molar-refractivity contribution in [2.75, 3.05) is 46.1 Å². The van der Waals surface area contributed by atoms with Crippen LogP contribution in [0.2, 0.25) is 0 Å². The summed E-state index contributed by atoms with van der Waals surface area (Å²) in [5, 5.41) is 0.666. The maximum absolute atomic E-state index is 5.29. The minimum absolute atomic E-state index is 0.666. The van der Waals surface area contributed by atoms with Crippen molar-refractivity contribution in [3.63, 3.8) is 0 Å². The van der Waals surface area contributed by atoms with Crippen molar-refractivity contribution >= 4 is 17.4 Å². The second-order valence-corrected chi connectivity index (χ2v) is 3.75. The molecule has 5 heteroatoms. The van der Waals surface area contributed by atoms with Gasteiger partial charge in [-0.15, -0.1) is 0 Å². The van der Waals surface area contributed by atoms with Crippen molar-refractivity contribution in [1.82, 2.24) is 4.90 Å². The van der Waals surface area contributed by atoms with Gasteiger partial charge in [-0.1, -0.05) is 0 Å². The highest BCUT2D eigenvalue weighted by Gasteiger charge is 2.23. The Labute approximate surface area is 83.4 Å². The number of nitrogens with one attached hydrogen (secondary N) is 1. The third-order valence-electron chi connectivity index (χ3n) is 2.46. The summed E-state index contributed by atoms with van der Waals surface area (Å²) in [7, 11) is 0. The molecule has 2 rings (SSSR count). The predicted octanol–water partition coefficient (Wildman–Crippen LogP) is -1.52. The highest BCUT2D eigenvalue weighted by atomic mass is 32.1. The fraction of sp³-hybridized carbons (Fsp3) is 0.875. The molecule has 2 saturated heterocycles. The van der Waals surface area contributed by atoms with Crippen molar-refractivity contribution < 1.29 is 14.4 Å². The van der Waals surface area contributed by atoms with E-state index in [0.29, 0.717) is 5.17 Å². The molecule has 0 atom stereocenters. The maximum Gasteiger partial charge on any atom is 0.263 e. The first-order valence-corrected chi connectivity index (χ1v) is 5.10. The van der Waals surface area contributed by atoms with E-state index >= 15 is 0 Å². The molecule has 0 aliphatic carbocycles. The van der Waals surface area contributed by atoms with Gasteiger partial charge in [-0.25, -0.2) is 0 Å². The molecule has 0 bridgehead atoms. The van der Waals surface area contributed by atoms with Gasteiger partial charge in [-0.2, -0.15) is 0 Å². The first kappa shape index (κ1) is 9.18. The quantitative estimate of drug-likeness (QED) is 0.551. The molecular weight excluding hydrogens is 188 g/mol. The van der Waals surface area contributed by atoms with Crippen LogP contribution in [0.25, 0.3) is 0 Å². The zero-order valence-electron chi connectivity index (χ0n) is 7.62. The van der Waals surface area contributed by atoms with Gasteiger partial charge >= 0.3 is 0 Å². The fourth-order valence-electron chi connectivity index (χ4n) is 1.66. The van der Waals surface area contributed by atoms with Crippen molar-refractivity contribution in [2.24, 2.45) is 0 Å². The molecule has 0 amide bonds. The number of thiocarbonyl (C=S) groups is 1. The summed E-state index contributed by atoms with van der Waals surface area (Å²) < 4.78 is 10.5. The molecule has 2 fully saturated rings. The van der Waals surface area contributed by atoms with Crippen molar-refractivity contribution in [1.29, 1.82) is 0 Å². The van der Waals surface area contributed by atoms with E-state index in [0.717, 1.165) is 46.1 Å². The summed E-state index contributed by atoms with van der Waals surface area (Å²) in [6, 6.07) is 0. The number of morpholine rings is 1. The predicted molar refractivity (Wildman–Crippen MR) is 51.6 cm³/mol. The number of quaternary nitrogens is 1. The number of hydrogen-bond acceptors (Lipinski definition) is 3. The van der Waals surface area contributed by atoms with E-state index in [4.69, 9.17) is 21.7 Å². The molecule has 0 aromatic carbocycles. The monoisotopic (exact) mass is 203 g/mol. The van der Waals surface area contributed by atoms with E-state index in [1.54, 1.807) is 4.90 Å². The summed E-state index contributed by atoms with van der Waals surface area (Å²) in [4.78, 5) is 3.68. The molecule has 2 heterocycles. The molecule has 0 aromatic heterocycles. The van der Waals surface area contributed by atoms with E-state index < -0.39 is 0 Å². The summed E-state index contributed by atoms with van der Waals surface area (Å²) >= 11 is 5.07. The Morgan fingerprint density at radius 2 is 2.08 bits per heavy atom. The average Bonchev–Trinajstić information content (AvgIpc) is 2.54. The van der Waals surface area contributed by atoms with Gasteiger partial charge in [0.15, 0.2) is 6.67 Å². The van der Waals surface area contributed by atoms with E-state index in [1.165, 1.54) is 0 Å². The van der Waals surface area contributed by atoms with E-state index in [-0.39, 0.29) is 0 Å². The highest BCUT2D eigenvalue weighted by molar-refractivity contribution is 7.80. The van der Waals surface area contributed by atoms with Crippen LogP contribution < -0.4 is 4.90 Å². The maximum atomic E-state index is 5.29. The number of hydrogen-bond donors (Lipinski definition) is 1. The normalized spacial score (nSPS) is 24.9. The molecule has 0 unspecified atom stereocenters. The summed E-state index contributed by atoms with van der Waals surface area (Å²) in [6.07, 6.45) is 0. The number of ether oxygens (including phenoxy) is 2. The van der Waals surface area contributed by atoms with Gasteiger partial charge < -0.3 is 14.4 Å². The van der Waals surface area contributed by atoms with Crippen molar-refractivity contribution in [2.45, 2.75) is 0 Å². The molecule has 1 N–H and O–H groups in total. The highest BCUT2D eigenvalue weighted by Crippen LogP contribution is 2.00. The van der Waals surface area contributed by atoms with Crippen LogP contribution in [-0.4, -0.2) is 56.2 Å². The van der Waals surface area contributed by atoms with E-state index in [1.807, 2.05) is 0 Å². The smallest absolute Gasteiger partial charge is 0.263 e. The minimum Gasteiger partial charge on any atom is -0.469 e. The van der Waals surface area contributed by atoms with Crippen LogP contribution in [-0.2, 0) is 9.47 Å². The molecule has 74 valence electrons. The first-order chi connectivity index (χ1) is 6.36. The lowest BCUT2D eigenvalue weighted by molar-refractivity contribution is -0.916. The van der Waals surface area contributed by atoms with Gasteiger partial charge in [-0.05, 0) is 12.2 Å². The van der Waals surface area contributed by atoms with Gasteiger partial charge in [-0.3, -0.25) is 4.90 Å². The topological polar surface area (TPSA) is 26.1 Å². The first-order valence-electron chi connectivity index (χ1n) is 4.69. The van der Waals surface area contributed by atoms with Crippen molar-refractivity contribution in [3.8, 4) is 0 Å². The van der Waals surface area contributed by atoms with E-state index in [9.17, 15) is 0 Å². The van der Waals surface area contributed by atoms with Gasteiger partial charge in [0.05, 0.1) is 19.8 Å². The molecule has 4 nitrogen and oxygen atoms in total. The third kappa shape index (κ3) is 2.30. The van der Waals surface area contributed by atoms with Gasteiger partial charge in [0.25, 0.3) is 5.17 Å². The second kappa shape index (κ2) is 4.21. The Balaban J connectivity index is 1.79. The van der Waals surface area contributed by atoms with Gasteiger partial charge in [0.2, 0.25) is 0 Å². The van der Waals surface area contributed by atoms with Crippen LogP contribution in [0.5, 0.6) is 0 Å². The number of nitrogens with zero attached hydrogens (tertiary/aromatic N) is 1. The van der Waals surface area contributed by atoms with Crippen LogP contribution in [0.3, 0.4) is 0 Å². The Kier molecular flexibility index (Phi) is 2.97. The van der Waals surface area contributed by atoms with E-state index in [2.05, 4.69) is 4.90 Å². The second-order valence-electron chi connectivity index (χ2n) is 3.40. The molecule has 0 radical (unpaired) electrons. The van der Waals surface area contributed by atoms with Crippen molar-refractivity contribution in [3.05, 3.63) is 0 Å². The Bertz CT molecular complexity index is 195. The van der Waals surface area contributed by atoms with Crippen LogP contribution >= 0.6 is 12.2 Å². The summed E-state index contributed by atoms with van der Waals surface area (Å²) in [6.45, 7) is 6.58. The molecule has 13 heavy (non-hydrogen) atoms. The zero-order valence-corrected chi connectivity index (χ0v) is 8.44. The Hall–Kier alpha value is -0.390. The molecule has 2 aliphatic heterocycles. The number of rotatable bonds is 2. The Morgan fingerprint density at radius 1 is 1.31 bits per heavy atom. The van der Waals surface area contributed by atoms with Crippen LogP contribution in [0.1, 0.15) is 0 Å². The molecule has 0 spiro atoms. The molecule has 2 aliphatic rings. The van der Waals surface area contributed by atoms with Crippen LogP contribution in [0.4, 0.5) is 0 Å². The lowest BCUT2D eigenvalue weighted by atomic mass is 10.4. The molecule has 0 saturated carbocycles. The molecular formula is C8H15N2O2S+. The van der Waals surface area contributed by atoms with Gasteiger partial charge in [0, 0.05) is 0 Å². The van der Waals surface area contributed by atoms with Crippen LogP contribution in [0.15, 0.2) is 0 Å². The summed E-state index contributed by atoms with van der Waals surface area (Å²) in [5.41, 5.74) is 0. The average molecular weight is 203 g/mol. The lowest BCUT2D eigenvalue weighted by Crippen LogP contribution is -3.15. The fourth-order valence-corrected chi connectivity index (χ4v) is 1.90. The van der Waals surface area contributed by atoms with Crippen LogP contribution in [0, 0.1) is 0 Å². The van der Waals surface area contributed by atoms with Gasteiger partial charge in [0.1, 0.15) is 19.7 Å². The third-order valence-corrected chi connectivity index (χ3v) is 2.84. The molecule has 0 aromatic rings. The minimum atomic E-state index is 0.666. The summed E-state index contributed by atoms with van der Waals surface area (Å²) in [5.74, 6) is 0. The zero-order chi connectivity index (χ0) is 9.10. The largest absolute Gasteiger partial charge is 0.469 e. The SMILES string of the molecule is S=C1OCCN1C[NH+]1CCOCC1. The Morgan fingerprint density at radius 3 is 2.69 bits per heavy atom. The lowest BCUT2D eigenvalue weighted by Gasteiger charge is -2.27.